The average Bonchev–Trinajstić information content (AvgIpc) is 2.75. The molecule has 6 nitrogen and oxygen atoms in total. The molecule has 1 aromatic heterocycles. The molecule has 2 N–H and O–H groups in total. The molecule has 4 rings (SSSR count). The zero-order valence-corrected chi connectivity index (χ0v) is 17.6. The SMILES string of the molecule is CCc1ccc(Nc2nc3ccccc3nc2NS(=O)(=O)c2ccc(C)cc2)cc1. The largest absolute Gasteiger partial charge is 0.337 e. The van der Waals surface area contributed by atoms with Crippen LogP contribution in [0.1, 0.15) is 18.1 Å². The van der Waals surface area contributed by atoms with Gasteiger partial charge in [-0.15, -0.1) is 0 Å². The molecule has 0 bridgehead atoms. The Hall–Kier alpha value is -3.45. The second-order valence-corrected chi connectivity index (χ2v) is 8.69. The topological polar surface area (TPSA) is 84.0 Å². The number of aromatic nitrogens is 2. The standard InChI is InChI=1S/C23H22N4O2S/c1-3-17-10-12-18(13-11-17)24-22-23(26-21-7-5-4-6-20(21)25-22)27-30(28,29)19-14-8-16(2)9-15-19/h4-15H,3H2,1-2H3,(H,24,25)(H,26,27). The third kappa shape index (κ3) is 4.26. The molecular weight excluding hydrogens is 396 g/mol. The number of fused-ring (bicyclic) bond motifs is 1. The lowest BCUT2D eigenvalue weighted by Crippen LogP contribution is -2.16. The molecule has 7 heteroatoms. The highest BCUT2D eigenvalue weighted by Crippen LogP contribution is 2.27. The number of hydrogen-bond donors (Lipinski definition) is 2. The average molecular weight is 419 g/mol. The summed E-state index contributed by atoms with van der Waals surface area (Å²) in [5, 5.41) is 3.20. The van der Waals surface area contributed by atoms with Crippen LogP contribution in [-0.2, 0) is 16.4 Å². The van der Waals surface area contributed by atoms with Gasteiger partial charge < -0.3 is 5.32 Å². The Morgan fingerprint density at radius 2 is 1.40 bits per heavy atom. The van der Waals surface area contributed by atoms with Crippen molar-refractivity contribution in [3.05, 3.63) is 83.9 Å². The number of nitrogens with zero attached hydrogens (tertiary/aromatic N) is 2. The maximum atomic E-state index is 12.9. The minimum atomic E-state index is -3.82. The van der Waals surface area contributed by atoms with Crippen LogP contribution in [-0.4, -0.2) is 18.4 Å². The van der Waals surface area contributed by atoms with Crippen molar-refractivity contribution < 1.29 is 8.42 Å². The molecule has 0 saturated heterocycles. The van der Waals surface area contributed by atoms with Gasteiger partial charge in [0.2, 0.25) is 0 Å². The van der Waals surface area contributed by atoms with Crippen LogP contribution in [0.2, 0.25) is 0 Å². The smallest absolute Gasteiger partial charge is 0.263 e. The molecule has 0 saturated carbocycles. The number of para-hydroxylation sites is 2. The van der Waals surface area contributed by atoms with Crippen LogP contribution < -0.4 is 10.0 Å². The van der Waals surface area contributed by atoms with Crippen LogP contribution in [0.15, 0.2) is 77.7 Å². The zero-order valence-electron chi connectivity index (χ0n) is 16.8. The summed E-state index contributed by atoms with van der Waals surface area (Å²) >= 11 is 0. The van der Waals surface area contributed by atoms with Crippen molar-refractivity contribution in [2.24, 2.45) is 0 Å². The maximum absolute atomic E-state index is 12.9. The maximum Gasteiger partial charge on any atom is 0.263 e. The molecule has 0 unspecified atom stereocenters. The molecular formula is C23H22N4O2S. The van der Waals surface area contributed by atoms with E-state index in [0.717, 1.165) is 17.7 Å². The lowest BCUT2D eigenvalue weighted by molar-refractivity contribution is 0.601. The summed E-state index contributed by atoms with van der Waals surface area (Å²) in [6, 6.07) is 21.9. The van der Waals surface area contributed by atoms with Gasteiger partial charge in [-0.1, -0.05) is 48.9 Å². The Morgan fingerprint density at radius 1 is 0.800 bits per heavy atom. The van der Waals surface area contributed by atoms with Crippen LogP contribution in [0, 0.1) is 6.92 Å². The van der Waals surface area contributed by atoms with E-state index in [2.05, 4.69) is 26.9 Å². The van der Waals surface area contributed by atoms with Crippen molar-refractivity contribution in [3.8, 4) is 0 Å². The number of benzene rings is 3. The van der Waals surface area contributed by atoms with Gasteiger partial charge in [-0.05, 0) is 55.3 Å². The molecule has 0 spiro atoms. The predicted octanol–water partition coefficient (Wildman–Crippen LogP) is 5.05. The monoisotopic (exact) mass is 418 g/mol. The lowest BCUT2D eigenvalue weighted by atomic mass is 10.1. The van der Waals surface area contributed by atoms with Crippen molar-refractivity contribution in [2.45, 2.75) is 25.2 Å². The minimum absolute atomic E-state index is 0.147. The molecule has 3 aromatic carbocycles. The van der Waals surface area contributed by atoms with E-state index in [1.165, 1.54) is 5.56 Å². The molecule has 0 aliphatic heterocycles. The molecule has 0 radical (unpaired) electrons. The van der Waals surface area contributed by atoms with E-state index >= 15 is 0 Å². The van der Waals surface area contributed by atoms with Crippen molar-refractivity contribution in [1.29, 1.82) is 0 Å². The molecule has 0 aliphatic carbocycles. The van der Waals surface area contributed by atoms with Crippen molar-refractivity contribution in [2.75, 3.05) is 10.0 Å². The van der Waals surface area contributed by atoms with E-state index in [-0.39, 0.29) is 10.7 Å². The van der Waals surface area contributed by atoms with E-state index in [0.29, 0.717) is 16.9 Å². The normalized spacial score (nSPS) is 11.4. The van der Waals surface area contributed by atoms with E-state index in [4.69, 9.17) is 0 Å². The molecule has 30 heavy (non-hydrogen) atoms. The third-order valence-corrected chi connectivity index (χ3v) is 6.11. The fourth-order valence-electron chi connectivity index (χ4n) is 3.02. The quantitative estimate of drug-likeness (QED) is 0.458. The van der Waals surface area contributed by atoms with Crippen molar-refractivity contribution in [3.63, 3.8) is 0 Å². The Balaban J connectivity index is 1.74. The highest BCUT2D eigenvalue weighted by molar-refractivity contribution is 7.92. The lowest BCUT2D eigenvalue weighted by Gasteiger charge is -2.14. The molecule has 1 heterocycles. The van der Waals surface area contributed by atoms with Crippen LogP contribution >= 0.6 is 0 Å². The third-order valence-electron chi connectivity index (χ3n) is 4.76. The second-order valence-electron chi connectivity index (χ2n) is 7.00. The Labute approximate surface area is 176 Å². The first-order valence-electron chi connectivity index (χ1n) is 9.67. The first-order chi connectivity index (χ1) is 14.4. The van der Waals surface area contributed by atoms with Gasteiger partial charge in [-0.2, -0.15) is 0 Å². The minimum Gasteiger partial charge on any atom is -0.337 e. The van der Waals surface area contributed by atoms with Gasteiger partial charge in [-0.25, -0.2) is 18.4 Å². The van der Waals surface area contributed by atoms with Gasteiger partial charge in [0.1, 0.15) is 0 Å². The number of rotatable bonds is 6. The highest BCUT2D eigenvalue weighted by Gasteiger charge is 2.19. The Morgan fingerprint density at radius 3 is 2.00 bits per heavy atom. The highest BCUT2D eigenvalue weighted by atomic mass is 32.2. The van der Waals surface area contributed by atoms with Crippen molar-refractivity contribution >= 4 is 38.4 Å². The van der Waals surface area contributed by atoms with Crippen LogP contribution in [0.4, 0.5) is 17.3 Å². The van der Waals surface area contributed by atoms with Gasteiger partial charge in [-0.3, -0.25) is 4.72 Å². The number of hydrogen-bond acceptors (Lipinski definition) is 5. The van der Waals surface area contributed by atoms with E-state index in [1.807, 2.05) is 49.4 Å². The summed E-state index contributed by atoms with van der Waals surface area (Å²) in [6.45, 7) is 4.00. The predicted molar refractivity (Wildman–Crippen MR) is 121 cm³/mol. The zero-order chi connectivity index (χ0) is 21.1. The summed E-state index contributed by atoms with van der Waals surface area (Å²) < 4.78 is 28.5. The van der Waals surface area contributed by atoms with Gasteiger partial charge in [0.25, 0.3) is 10.0 Å². The summed E-state index contributed by atoms with van der Waals surface area (Å²) in [7, 11) is -3.82. The second kappa shape index (κ2) is 8.12. The fraction of sp³-hybridized carbons (Fsp3) is 0.130. The fourth-order valence-corrected chi connectivity index (χ4v) is 4.03. The molecule has 152 valence electrons. The number of anilines is 3. The molecule has 4 aromatic rings. The number of sulfonamides is 1. The first kappa shape index (κ1) is 19.8. The Bertz CT molecular complexity index is 1290. The van der Waals surface area contributed by atoms with Gasteiger partial charge in [0, 0.05) is 5.69 Å². The van der Waals surface area contributed by atoms with Crippen molar-refractivity contribution in [1.82, 2.24) is 9.97 Å². The van der Waals surface area contributed by atoms with Crippen LogP contribution in [0.25, 0.3) is 11.0 Å². The summed E-state index contributed by atoms with van der Waals surface area (Å²) in [6.07, 6.45) is 0.942. The number of aryl methyl sites for hydroxylation is 2. The van der Waals surface area contributed by atoms with E-state index < -0.39 is 10.0 Å². The molecule has 0 fully saturated rings. The molecule has 0 aliphatic rings. The van der Waals surface area contributed by atoms with Gasteiger partial charge >= 0.3 is 0 Å². The van der Waals surface area contributed by atoms with Crippen LogP contribution in [0.3, 0.4) is 0 Å². The summed E-state index contributed by atoms with van der Waals surface area (Å²) in [5.74, 6) is 0.488. The molecule has 0 atom stereocenters. The van der Waals surface area contributed by atoms with Gasteiger partial charge in [0.05, 0.1) is 15.9 Å². The van der Waals surface area contributed by atoms with E-state index in [1.54, 1.807) is 30.3 Å². The Kier molecular flexibility index (Phi) is 5.37. The first-order valence-corrected chi connectivity index (χ1v) is 11.1. The molecule has 0 amide bonds. The van der Waals surface area contributed by atoms with Gasteiger partial charge in [0.15, 0.2) is 11.6 Å². The number of nitrogens with one attached hydrogen (secondary N) is 2. The van der Waals surface area contributed by atoms with Crippen LogP contribution in [0.5, 0.6) is 0 Å². The summed E-state index contributed by atoms with van der Waals surface area (Å²) in [5.41, 5.74) is 4.27. The van der Waals surface area contributed by atoms with E-state index in [9.17, 15) is 8.42 Å². The summed E-state index contributed by atoms with van der Waals surface area (Å²) in [4.78, 5) is 9.29.